The molecule has 0 N–H and O–H groups in total. The van der Waals surface area contributed by atoms with E-state index in [1.165, 1.54) is 0 Å². The minimum Gasteiger partial charge on any atom is -0.481 e. The van der Waals surface area contributed by atoms with E-state index in [1.54, 1.807) is 13.3 Å². The van der Waals surface area contributed by atoms with Gasteiger partial charge in [-0.25, -0.2) is 4.98 Å². The van der Waals surface area contributed by atoms with E-state index >= 15 is 0 Å². The van der Waals surface area contributed by atoms with Crippen LogP contribution in [0, 0.1) is 6.92 Å². The van der Waals surface area contributed by atoms with Gasteiger partial charge in [-0.2, -0.15) is 0 Å². The lowest BCUT2D eigenvalue weighted by Crippen LogP contribution is -1.91. The van der Waals surface area contributed by atoms with E-state index in [-0.39, 0.29) is 0 Å². The van der Waals surface area contributed by atoms with Crippen molar-refractivity contribution >= 4 is 33.7 Å². The van der Waals surface area contributed by atoms with Gasteiger partial charge in [0.1, 0.15) is 5.52 Å². The van der Waals surface area contributed by atoms with Crippen molar-refractivity contribution < 1.29 is 4.74 Å². The topological polar surface area (TPSA) is 47.4 Å². The Morgan fingerprint density at radius 3 is 2.72 bits per heavy atom. The van der Waals surface area contributed by atoms with Crippen LogP contribution in [0.5, 0.6) is 5.88 Å². The standard InChI is InChI=1S/C21H17N3O/c1-14-12-20(25-2)24-21-16(14)7-5-9-19(21)23-13-15-10-11-22-18-8-4-3-6-17(15)18/h3-13H,1-2H3. The van der Waals surface area contributed by atoms with Crippen LogP contribution in [0.4, 0.5) is 5.69 Å². The molecular weight excluding hydrogens is 310 g/mol. The zero-order valence-electron chi connectivity index (χ0n) is 14.1. The molecule has 0 saturated carbocycles. The van der Waals surface area contributed by atoms with Gasteiger partial charge >= 0.3 is 0 Å². The number of para-hydroxylation sites is 2. The minimum atomic E-state index is 0.599. The summed E-state index contributed by atoms with van der Waals surface area (Å²) in [6.07, 6.45) is 3.67. The van der Waals surface area contributed by atoms with E-state index in [4.69, 9.17) is 9.73 Å². The number of pyridine rings is 2. The normalized spacial score (nSPS) is 11.4. The van der Waals surface area contributed by atoms with Crippen LogP contribution < -0.4 is 4.74 Å². The number of rotatable bonds is 3. The SMILES string of the molecule is COc1cc(C)c2cccc(N=Cc3ccnc4ccccc34)c2n1. The van der Waals surface area contributed by atoms with Gasteiger partial charge in [-0.1, -0.05) is 30.3 Å². The highest BCUT2D eigenvalue weighted by atomic mass is 16.5. The highest BCUT2D eigenvalue weighted by Crippen LogP contribution is 2.29. The largest absolute Gasteiger partial charge is 0.481 e. The van der Waals surface area contributed by atoms with Crippen LogP contribution in [0.25, 0.3) is 21.8 Å². The maximum atomic E-state index is 5.31. The van der Waals surface area contributed by atoms with Crippen LogP contribution in [-0.2, 0) is 0 Å². The minimum absolute atomic E-state index is 0.599. The van der Waals surface area contributed by atoms with E-state index in [9.17, 15) is 0 Å². The lowest BCUT2D eigenvalue weighted by molar-refractivity contribution is 0.399. The molecular formula is C21H17N3O. The van der Waals surface area contributed by atoms with E-state index < -0.39 is 0 Å². The lowest BCUT2D eigenvalue weighted by Gasteiger charge is -2.07. The molecule has 0 spiro atoms. The van der Waals surface area contributed by atoms with Crippen LogP contribution in [0.2, 0.25) is 0 Å². The maximum Gasteiger partial charge on any atom is 0.213 e. The van der Waals surface area contributed by atoms with E-state index in [0.29, 0.717) is 5.88 Å². The first kappa shape index (κ1) is 15.3. The number of methoxy groups -OCH3 is 1. The number of fused-ring (bicyclic) bond motifs is 2. The summed E-state index contributed by atoms with van der Waals surface area (Å²) in [5.41, 5.74) is 4.77. The van der Waals surface area contributed by atoms with Gasteiger partial charge in [0.25, 0.3) is 0 Å². The molecule has 4 aromatic rings. The molecule has 0 aliphatic carbocycles. The number of hydrogen-bond donors (Lipinski definition) is 0. The summed E-state index contributed by atoms with van der Waals surface area (Å²) in [6, 6.07) is 18.0. The Labute approximate surface area is 145 Å². The predicted octanol–water partition coefficient (Wildman–Crippen LogP) is 4.85. The highest BCUT2D eigenvalue weighted by molar-refractivity contribution is 6.00. The summed E-state index contributed by atoms with van der Waals surface area (Å²) >= 11 is 0. The number of aliphatic imine (C=N–C) groups is 1. The predicted molar refractivity (Wildman–Crippen MR) is 102 cm³/mol. The Morgan fingerprint density at radius 1 is 1.00 bits per heavy atom. The van der Waals surface area contributed by atoms with Crippen molar-refractivity contribution in [2.24, 2.45) is 4.99 Å². The van der Waals surface area contributed by atoms with Crippen LogP contribution in [-0.4, -0.2) is 23.3 Å². The third-order valence-corrected chi connectivity index (χ3v) is 4.24. The van der Waals surface area contributed by atoms with Crippen LogP contribution in [0.3, 0.4) is 0 Å². The Bertz CT molecular complexity index is 1100. The Balaban J connectivity index is 1.85. The Kier molecular flexibility index (Phi) is 3.86. The summed E-state index contributed by atoms with van der Waals surface area (Å²) in [5, 5.41) is 2.16. The molecule has 4 rings (SSSR count). The summed E-state index contributed by atoms with van der Waals surface area (Å²) in [7, 11) is 1.63. The van der Waals surface area contributed by atoms with Gasteiger partial charge in [-0.15, -0.1) is 0 Å². The molecule has 0 amide bonds. The fourth-order valence-corrected chi connectivity index (χ4v) is 2.95. The van der Waals surface area contributed by atoms with Gasteiger partial charge < -0.3 is 4.74 Å². The molecule has 0 radical (unpaired) electrons. The molecule has 4 heteroatoms. The molecule has 2 aromatic heterocycles. The molecule has 0 aliphatic rings. The molecule has 2 aromatic carbocycles. The van der Waals surface area contributed by atoms with Gasteiger partial charge in [-0.05, 0) is 30.7 Å². The van der Waals surface area contributed by atoms with Crippen molar-refractivity contribution in [1.29, 1.82) is 0 Å². The molecule has 25 heavy (non-hydrogen) atoms. The van der Waals surface area contributed by atoms with Crippen molar-refractivity contribution in [3.8, 4) is 5.88 Å². The highest BCUT2D eigenvalue weighted by Gasteiger charge is 2.07. The van der Waals surface area contributed by atoms with Crippen LogP contribution in [0.15, 0.2) is 65.8 Å². The first-order chi connectivity index (χ1) is 12.3. The third-order valence-electron chi connectivity index (χ3n) is 4.24. The smallest absolute Gasteiger partial charge is 0.213 e. The van der Waals surface area contributed by atoms with E-state index in [2.05, 4.69) is 29.0 Å². The van der Waals surface area contributed by atoms with Gasteiger partial charge in [-0.3, -0.25) is 9.98 Å². The van der Waals surface area contributed by atoms with Gasteiger partial charge in [0.05, 0.1) is 18.3 Å². The number of hydrogen-bond acceptors (Lipinski definition) is 4. The van der Waals surface area contributed by atoms with Crippen molar-refractivity contribution in [1.82, 2.24) is 9.97 Å². The first-order valence-electron chi connectivity index (χ1n) is 8.08. The second-order valence-corrected chi connectivity index (χ2v) is 5.83. The summed E-state index contributed by atoms with van der Waals surface area (Å²) < 4.78 is 5.31. The maximum absolute atomic E-state index is 5.31. The lowest BCUT2D eigenvalue weighted by atomic mass is 10.1. The fraction of sp³-hybridized carbons (Fsp3) is 0.0952. The molecule has 2 heterocycles. The summed E-state index contributed by atoms with van der Waals surface area (Å²) in [6.45, 7) is 2.05. The van der Waals surface area contributed by atoms with Crippen molar-refractivity contribution in [3.05, 3.63) is 71.9 Å². The third kappa shape index (κ3) is 2.83. The molecule has 0 saturated heterocycles. The van der Waals surface area contributed by atoms with Gasteiger partial charge in [0.15, 0.2) is 0 Å². The Morgan fingerprint density at radius 2 is 1.84 bits per heavy atom. The number of nitrogens with zero attached hydrogens (tertiary/aromatic N) is 3. The van der Waals surface area contributed by atoms with Gasteiger partial charge in [0, 0.05) is 34.8 Å². The Hall–Kier alpha value is -3.27. The van der Waals surface area contributed by atoms with Crippen LogP contribution >= 0.6 is 0 Å². The monoisotopic (exact) mass is 327 g/mol. The van der Waals surface area contributed by atoms with Crippen LogP contribution in [0.1, 0.15) is 11.1 Å². The fourth-order valence-electron chi connectivity index (χ4n) is 2.95. The first-order valence-corrected chi connectivity index (χ1v) is 8.08. The van der Waals surface area contributed by atoms with E-state index in [0.717, 1.165) is 38.6 Å². The number of benzene rings is 2. The molecule has 0 atom stereocenters. The summed E-state index contributed by atoms with van der Waals surface area (Å²) in [4.78, 5) is 13.7. The average Bonchev–Trinajstić information content (AvgIpc) is 2.66. The molecule has 0 fully saturated rings. The second kappa shape index (κ2) is 6.32. The number of aromatic nitrogens is 2. The van der Waals surface area contributed by atoms with E-state index in [1.807, 2.05) is 48.7 Å². The average molecular weight is 327 g/mol. The number of ether oxygens (including phenoxy) is 1. The summed E-state index contributed by atoms with van der Waals surface area (Å²) in [5.74, 6) is 0.599. The quantitative estimate of drug-likeness (QED) is 0.505. The molecule has 122 valence electrons. The van der Waals surface area contributed by atoms with Crippen molar-refractivity contribution in [3.63, 3.8) is 0 Å². The number of aryl methyl sites for hydroxylation is 1. The zero-order chi connectivity index (χ0) is 17.2. The zero-order valence-corrected chi connectivity index (χ0v) is 14.1. The molecule has 4 nitrogen and oxygen atoms in total. The molecule has 0 bridgehead atoms. The molecule has 0 aliphatic heterocycles. The van der Waals surface area contributed by atoms with Crippen molar-refractivity contribution in [2.75, 3.05) is 7.11 Å². The molecule has 0 unspecified atom stereocenters. The van der Waals surface area contributed by atoms with Crippen molar-refractivity contribution in [2.45, 2.75) is 6.92 Å². The van der Waals surface area contributed by atoms with Gasteiger partial charge in [0.2, 0.25) is 5.88 Å². The second-order valence-electron chi connectivity index (χ2n) is 5.83.